The predicted molar refractivity (Wildman–Crippen MR) is 145 cm³/mol. The smallest absolute Gasteiger partial charge is 0.141 e. The number of hydrogen-bond acceptors (Lipinski definition) is 4. The van der Waals surface area contributed by atoms with E-state index < -0.39 is 23.7 Å². The Morgan fingerprint density at radius 2 is 1.92 bits per heavy atom. The maximum atomic E-state index is 12.6. The highest BCUT2D eigenvalue weighted by Crippen LogP contribution is 2.62. The van der Waals surface area contributed by atoms with Crippen LogP contribution in [0.25, 0.3) is 0 Å². The van der Waals surface area contributed by atoms with Gasteiger partial charge in [-0.3, -0.25) is 4.79 Å². The highest BCUT2D eigenvalue weighted by molar-refractivity contribution is 5.88. The van der Waals surface area contributed by atoms with Crippen molar-refractivity contribution in [3.63, 3.8) is 0 Å². The zero-order chi connectivity index (χ0) is 26.3. The Morgan fingerprint density at radius 3 is 2.58 bits per heavy atom. The molecule has 0 heterocycles. The molecule has 0 radical (unpaired) electrons. The molecule has 4 fully saturated rings. The number of ketones is 1. The second-order valence-electron chi connectivity index (χ2n) is 13.1. The number of rotatable bonds is 8. The van der Waals surface area contributed by atoms with Crippen molar-refractivity contribution in [3.05, 3.63) is 47.6 Å². The molecule has 4 rings (SSSR count). The van der Waals surface area contributed by atoms with Crippen LogP contribution in [0.15, 0.2) is 47.6 Å². The molecule has 0 aromatic rings. The Kier molecular flexibility index (Phi) is 7.91. The minimum absolute atomic E-state index is 0.0683. The lowest BCUT2D eigenvalue weighted by atomic mass is 9.57. The van der Waals surface area contributed by atoms with Crippen LogP contribution in [-0.4, -0.2) is 39.4 Å². The first kappa shape index (κ1) is 27.5. The lowest BCUT2D eigenvalue weighted by Crippen LogP contribution is -2.39. The van der Waals surface area contributed by atoms with Gasteiger partial charge in [-0.25, -0.2) is 0 Å². The fourth-order valence-corrected chi connectivity index (χ4v) is 7.92. The molecule has 4 aliphatic carbocycles. The molecular formula is C32H48O4. The van der Waals surface area contributed by atoms with Crippen molar-refractivity contribution in [3.8, 4) is 0 Å². The van der Waals surface area contributed by atoms with Crippen LogP contribution in [-0.2, 0) is 4.79 Å². The molecule has 4 heteroatoms. The van der Waals surface area contributed by atoms with E-state index in [0.717, 1.165) is 43.3 Å². The molecule has 0 aliphatic heterocycles. The third-order valence-electron chi connectivity index (χ3n) is 10.2. The van der Waals surface area contributed by atoms with Gasteiger partial charge in [0.1, 0.15) is 5.78 Å². The van der Waals surface area contributed by atoms with Gasteiger partial charge in [-0.1, -0.05) is 64.2 Å². The van der Waals surface area contributed by atoms with E-state index in [9.17, 15) is 20.1 Å². The van der Waals surface area contributed by atoms with Crippen LogP contribution in [0.1, 0.15) is 98.3 Å². The molecule has 36 heavy (non-hydrogen) atoms. The summed E-state index contributed by atoms with van der Waals surface area (Å²) in [5.74, 6) is 1.26. The summed E-state index contributed by atoms with van der Waals surface area (Å²) in [5.41, 5.74) is 2.81. The van der Waals surface area contributed by atoms with Gasteiger partial charge < -0.3 is 15.3 Å². The van der Waals surface area contributed by atoms with Crippen LogP contribution >= 0.6 is 0 Å². The topological polar surface area (TPSA) is 77.8 Å². The van der Waals surface area contributed by atoms with E-state index >= 15 is 0 Å². The average Bonchev–Trinajstić information content (AvgIpc) is 3.55. The van der Waals surface area contributed by atoms with Crippen LogP contribution in [0.4, 0.5) is 0 Å². The number of hydrogen-bond donors (Lipinski definition) is 3. The summed E-state index contributed by atoms with van der Waals surface area (Å²) < 4.78 is 0. The van der Waals surface area contributed by atoms with Gasteiger partial charge in [0.05, 0.1) is 23.7 Å². The second kappa shape index (κ2) is 10.3. The molecule has 4 nitrogen and oxygen atoms in total. The van der Waals surface area contributed by atoms with Gasteiger partial charge in [0, 0.05) is 12.8 Å². The fourth-order valence-electron chi connectivity index (χ4n) is 7.92. The summed E-state index contributed by atoms with van der Waals surface area (Å²) >= 11 is 0. The van der Waals surface area contributed by atoms with Crippen molar-refractivity contribution in [2.24, 2.45) is 28.1 Å². The molecule has 0 spiro atoms. The molecule has 4 aliphatic rings. The maximum Gasteiger partial charge on any atom is 0.141 e. The van der Waals surface area contributed by atoms with Crippen molar-refractivity contribution in [2.45, 2.75) is 117 Å². The molecule has 6 atom stereocenters. The first-order valence-corrected chi connectivity index (χ1v) is 14.3. The van der Waals surface area contributed by atoms with Gasteiger partial charge >= 0.3 is 0 Å². The van der Waals surface area contributed by atoms with Crippen LogP contribution in [0, 0.1) is 28.1 Å². The fraction of sp³-hybridized carbons (Fsp3) is 0.719. The van der Waals surface area contributed by atoms with Crippen molar-refractivity contribution in [2.75, 3.05) is 0 Å². The van der Waals surface area contributed by atoms with E-state index in [-0.39, 0.29) is 16.6 Å². The van der Waals surface area contributed by atoms with E-state index in [1.807, 2.05) is 13.0 Å². The summed E-state index contributed by atoms with van der Waals surface area (Å²) in [6, 6.07) is 0. The normalized spacial score (nSPS) is 37.5. The molecule has 0 bridgehead atoms. The van der Waals surface area contributed by atoms with Gasteiger partial charge in [0.15, 0.2) is 0 Å². The molecule has 0 aromatic carbocycles. The van der Waals surface area contributed by atoms with Gasteiger partial charge in [0.25, 0.3) is 0 Å². The van der Waals surface area contributed by atoms with Crippen LogP contribution in [0.2, 0.25) is 0 Å². The van der Waals surface area contributed by atoms with Crippen LogP contribution < -0.4 is 0 Å². The maximum absolute atomic E-state index is 12.6. The number of Topliss-reactive ketones (excluding diaryl/α,β-unsaturated/α-hetero) is 1. The quantitative estimate of drug-likeness (QED) is 0.349. The van der Waals surface area contributed by atoms with Crippen LogP contribution in [0.3, 0.4) is 0 Å². The van der Waals surface area contributed by atoms with Crippen molar-refractivity contribution < 1.29 is 20.1 Å². The summed E-state index contributed by atoms with van der Waals surface area (Å²) in [7, 11) is 0. The van der Waals surface area contributed by atoms with E-state index in [0.29, 0.717) is 31.1 Å². The Hall–Kier alpha value is -1.49. The van der Waals surface area contributed by atoms with Crippen molar-refractivity contribution in [1.29, 1.82) is 0 Å². The Morgan fingerprint density at radius 1 is 1.19 bits per heavy atom. The van der Waals surface area contributed by atoms with Gasteiger partial charge in [-0.05, 0) is 91.6 Å². The summed E-state index contributed by atoms with van der Waals surface area (Å²) in [6.07, 6.45) is 16.4. The zero-order valence-electron chi connectivity index (χ0n) is 22.9. The molecule has 0 amide bonds. The molecule has 0 saturated heterocycles. The average molecular weight is 497 g/mol. The summed E-state index contributed by atoms with van der Waals surface area (Å²) in [4.78, 5) is 12.6. The van der Waals surface area contributed by atoms with Crippen molar-refractivity contribution >= 4 is 5.78 Å². The molecule has 200 valence electrons. The number of aliphatic hydroxyl groups excluding tert-OH is 3. The molecule has 3 N–H and O–H groups in total. The number of fused-ring (bicyclic) bond motifs is 1. The van der Waals surface area contributed by atoms with Gasteiger partial charge in [-0.15, -0.1) is 0 Å². The molecule has 4 saturated carbocycles. The SMILES string of the molecule is C=C1C(=CC=C2CCC[C@]3(C)[C@@H](C(C)(C)C=C[C@H](O)C4(C(=O)CCC)CC4)CC[C@@H]23)C[C@@H](O)C[C@@H]1O. The van der Waals surface area contributed by atoms with E-state index in [1.54, 1.807) is 0 Å². The first-order valence-electron chi connectivity index (χ1n) is 14.3. The standard InChI is InChI=1S/C32H48O4/c1-6-8-28(35)32(17-18-32)29(36)14-16-30(3,4)27-13-12-25-22(9-7-15-31(25,27)5)10-11-23-19-24(33)20-26(34)21(23)2/h10-11,14,16,24-27,29,33-34,36H,2,6-9,12-13,15,17-20H2,1,3-5H3/t24-,25+,26+,27-,29+,31+/m1/s1. The Labute approximate surface area is 218 Å². The minimum atomic E-state index is -0.677. The number of allylic oxidation sites excluding steroid dienone is 4. The summed E-state index contributed by atoms with van der Waals surface area (Å²) in [6.45, 7) is 13.2. The number of carbonyl (C=O) groups is 1. The molecule has 0 unspecified atom stereocenters. The minimum Gasteiger partial charge on any atom is -0.393 e. The van der Waals surface area contributed by atoms with Crippen LogP contribution in [0.5, 0.6) is 0 Å². The summed E-state index contributed by atoms with van der Waals surface area (Å²) in [5, 5.41) is 31.3. The zero-order valence-corrected chi connectivity index (χ0v) is 22.9. The lowest BCUT2D eigenvalue weighted by Gasteiger charge is -2.47. The Balaban J connectivity index is 1.50. The lowest BCUT2D eigenvalue weighted by molar-refractivity contribution is -0.127. The highest BCUT2D eigenvalue weighted by Gasteiger charge is 2.55. The van der Waals surface area contributed by atoms with E-state index in [2.05, 4.69) is 45.6 Å². The van der Waals surface area contributed by atoms with Gasteiger partial charge in [-0.2, -0.15) is 0 Å². The molecular weight excluding hydrogens is 448 g/mol. The third kappa shape index (κ3) is 5.11. The number of aliphatic hydroxyl groups is 3. The third-order valence-corrected chi connectivity index (χ3v) is 10.2. The van der Waals surface area contributed by atoms with Gasteiger partial charge in [0.2, 0.25) is 0 Å². The van der Waals surface area contributed by atoms with Crippen molar-refractivity contribution in [1.82, 2.24) is 0 Å². The second-order valence-corrected chi connectivity index (χ2v) is 13.1. The van der Waals surface area contributed by atoms with E-state index in [1.165, 1.54) is 24.8 Å². The monoisotopic (exact) mass is 496 g/mol. The Bertz CT molecular complexity index is 949. The van der Waals surface area contributed by atoms with E-state index in [4.69, 9.17) is 0 Å². The number of carbonyl (C=O) groups excluding carboxylic acids is 1. The molecule has 0 aromatic heterocycles. The first-order chi connectivity index (χ1) is 16.9. The predicted octanol–water partition coefficient (Wildman–Crippen LogP) is 6.22. The largest absolute Gasteiger partial charge is 0.393 e. The highest BCUT2D eigenvalue weighted by atomic mass is 16.3.